The smallest absolute Gasteiger partial charge is 0.215 e. The number of nitrogens with one attached hydrogen (secondary N) is 1. The van der Waals surface area contributed by atoms with Crippen molar-refractivity contribution in [1.29, 1.82) is 0 Å². The van der Waals surface area contributed by atoms with Crippen molar-refractivity contribution in [2.45, 2.75) is 39.2 Å². The molecule has 166 valence electrons. The predicted molar refractivity (Wildman–Crippen MR) is 134 cm³/mol. The van der Waals surface area contributed by atoms with Crippen molar-refractivity contribution in [2.75, 3.05) is 50.5 Å². The summed E-state index contributed by atoms with van der Waals surface area (Å²) in [4.78, 5) is 12.8. The Labute approximate surface area is 200 Å². The molecule has 1 saturated heterocycles. The van der Waals surface area contributed by atoms with Crippen LogP contribution in [0.25, 0.3) is 0 Å². The van der Waals surface area contributed by atoms with Gasteiger partial charge in [0.05, 0.1) is 24.5 Å². The fraction of sp³-hybridized carbons (Fsp3) is 0.778. The largest absolute Gasteiger partial charge is 0.357 e. The summed E-state index contributed by atoms with van der Waals surface area (Å²) in [5, 5.41) is 4.38. The van der Waals surface area contributed by atoms with Gasteiger partial charge in [0.15, 0.2) is 5.96 Å². The first-order valence-corrected chi connectivity index (χ1v) is 13.6. The molecule has 0 atom stereocenters. The van der Waals surface area contributed by atoms with Gasteiger partial charge < -0.3 is 10.2 Å². The number of hydrogen-bond acceptors (Lipinski definition) is 6. The van der Waals surface area contributed by atoms with E-state index < -0.39 is 10.0 Å². The average molecular weight is 574 g/mol. The lowest BCUT2D eigenvalue weighted by molar-refractivity contribution is 0.443. The van der Waals surface area contributed by atoms with Crippen LogP contribution in [0.2, 0.25) is 0 Å². The molecule has 0 spiro atoms. The molecule has 0 bridgehead atoms. The highest BCUT2D eigenvalue weighted by atomic mass is 127. The summed E-state index contributed by atoms with van der Waals surface area (Å²) >= 11 is 3.62. The number of aliphatic imine (C=N–C) groups is 1. The van der Waals surface area contributed by atoms with Gasteiger partial charge in [-0.2, -0.15) is 11.8 Å². The molecule has 0 amide bonds. The van der Waals surface area contributed by atoms with E-state index in [0.717, 1.165) is 41.9 Å². The number of aromatic nitrogens is 1. The fourth-order valence-corrected chi connectivity index (χ4v) is 7.11. The third kappa shape index (κ3) is 7.22. The second-order valence-electron chi connectivity index (χ2n) is 7.10. The van der Waals surface area contributed by atoms with Gasteiger partial charge in [-0.1, -0.05) is 0 Å². The molecule has 11 heteroatoms. The molecule has 1 fully saturated rings. The molecule has 1 aliphatic heterocycles. The minimum Gasteiger partial charge on any atom is -0.357 e. The van der Waals surface area contributed by atoms with Crippen LogP contribution < -0.4 is 5.32 Å². The zero-order valence-corrected chi connectivity index (χ0v) is 22.0. The number of hydrogen-bond donors (Lipinski definition) is 1. The summed E-state index contributed by atoms with van der Waals surface area (Å²) in [5.74, 6) is 2.56. The monoisotopic (exact) mass is 573 g/mol. The Kier molecular flexibility index (Phi) is 10.5. The molecule has 29 heavy (non-hydrogen) atoms. The Hall–Kier alpha value is -0.110. The van der Waals surface area contributed by atoms with Crippen LogP contribution in [-0.4, -0.2) is 79.1 Å². The summed E-state index contributed by atoms with van der Waals surface area (Å²) in [5.41, 5.74) is 1.27. The number of aryl methyl sites for hydroxylation is 2. The maximum atomic E-state index is 12.5. The normalized spacial score (nSPS) is 18.1. The molecule has 3 rings (SSSR count). The molecule has 1 N–H and O–H groups in total. The van der Waals surface area contributed by atoms with Crippen LogP contribution in [0, 0.1) is 0 Å². The maximum absolute atomic E-state index is 12.5. The molecular formula is C18H32IN5O2S3. The van der Waals surface area contributed by atoms with Gasteiger partial charge in [-0.25, -0.2) is 17.7 Å². The Morgan fingerprint density at radius 2 is 2.00 bits per heavy atom. The quantitative estimate of drug-likeness (QED) is 0.307. The number of thioether (sulfide) groups is 1. The first-order valence-electron chi connectivity index (χ1n) is 10.0. The summed E-state index contributed by atoms with van der Waals surface area (Å²) in [7, 11) is -1.24. The minimum atomic E-state index is -3.22. The fourth-order valence-electron chi connectivity index (χ4n) is 3.44. The third-order valence-electron chi connectivity index (χ3n) is 4.93. The van der Waals surface area contributed by atoms with Crippen molar-refractivity contribution in [3.05, 3.63) is 15.6 Å². The average Bonchev–Trinajstić information content (AvgIpc) is 3.10. The molecule has 1 aromatic rings. The van der Waals surface area contributed by atoms with E-state index in [0.29, 0.717) is 19.6 Å². The summed E-state index contributed by atoms with van der Waals surface area (Å²) < 4.78 is 26.6. The van der Waals surface area contributed by atoms with Gasteiger partial charge in [-0.05, 0) is 32.6 Å². The van der Waals surface area contributed by atoms with Crippen LogP contribution >= 0.6 is 47.1 Å². The second-order valence-corrected chi connectivity index (χ2v) is 11.6. The number of guanidine groups is 1. The molecule has 1 aromatic heterocycles. The van der Waals surface area contributed by atoms with E-state index in [1.54, 1.807) is 15.6 Å². The lowest BCUT2D eigenvalue weighted by Gasteiger charge is -2.25. The van der Waals surface area contributed by atoms with Crippen LogP contribution in [0.15, 0.2) is 4.99 Å². The SMILES string of the molecule is CCNC(=NCCS(=O)(=O)N1CCSCC1)N(C)Cc1nc2c(s1)CCCC2.I. The molecule has 2 aliphatic rings. The first kappa shape index (κ1) is 25.2. The number of halogens is 1. The van der Waals surface area contributed by atoms with Gasteiger partial charge in [-0.3, -0.25) is 4.99 Å². The highest BCUT2D eigenvalue weighted by Gasteiger charge is 2.23. The van der Waals surface area contributed by atoms with Crippen molar-refractivity contribution in [3.8, 4) is 0 Å². The van der Waals surface area contributed by atoms with Gasteiger partial charge in [-0.15, -0.1) is 35.3 Å². The second kappa shape index (κ2) is 12.1. The van der Waals surface area contributed by atoms with Crippen molar-refractivity contribution < 1.29 is 8.42 Å². The lowest BCUT2D eigenvalue weighted by Crippen LogP contribution is -2.41. The van der Waals surface area contributed by atoms with Gasteiger partial charge >= 0.3 is 0 Å². The molecule has 0 radical (unpaired) electrons. The van der Waals surface area contributed by atoms with E-state index in [1.165, 1.54) is 23.4 Å². The van der Waals surface area contributed by atoms with Crippen LogP contribution in [0.5, 0.6) is 0 Å². The topological polar surface area (TPSA) is 77.9 Å². The van der Waals surface area contributed by atoms with Crippen molar-refractivity contribution >= 4 is 63.1 Å². The van der Waals surface area contributed by atoms with Crippen LogP contribution in [0.4, 0.5) is 0 Å². The number of thiazole rings is 1. The van der Waals surface area contributed by atoms with E-state index in [-0.39, 0.29) is 36.3 Å². The molecular weight excluding hydrogens is 541 g/mol. The Morgan fingerprint density at radius 1 is 1.28 bits per heavy atom. The maximum Gasteiger partial charge on any atom is 0.215 e. The van der Waals surface area contributed by atoms with Gasteiger partial charge in [0.2, 0.25) is 10.0 Å². The van der Waals surface area contributed by atoms with Gasteiger partial charge in [0.25, 0.3) is 0 Å². The first-order chi connectivity index (χ1) is 13.5. The Morgan fingerprint density at radius 3 is 2.69 bits per heavy atom. The van der Waals surface area contributed by atoms with E-state index >= 15 is 0 Å². The molecule has 0 unspecified atom stereocenters. The van der Waals surface area contributed by atoms with Crippen molar-refractivity contribution in [3.63, 3.8) is 0 Å². The number of fused-ring (bicyclic) bond motifs is 1. The van der Waals surface area contributed by atoms with Gasteiger partial charge in [0, 0.05) is 43.1 Å². The highest BCUT2D eigenvalue weighted by molar-refractivity contribution is 14.0. The molecule has 0 aromatic carbocycles. The number of nitrogens with zero attached hydrogens (tertiary/aromatic N) is 4. The van der Waals surface area contributed by atoms with E-state index in [1.807, 2.05) is 30.6 Å². The molecule has 1 aliphatic carbocycles. The Bertz CT molecular complexity index is 755. The van der Waals surface area contributed by atoms with Crippen molar-refractivity contribution in [1.82, 2.24) is 19.5 Å². The lowest BCUT2D eigenvalue weighted by atomic mass is 10.0. The molecule has 7 nitrogen and oxygen atoms in total. The Balaban J connectivity index is 0.00000300. The molecule has 2 heterocycles. The van der Waals surface area contributed by atoms with Crippen molar-refractivity contribution in [2.24, 2.45) is 4.99 Å². The zero-order valence-electron chi connectivity index (χ0n) is 17.2. The number of sulfonamides is 1. The minimum absolute atomic E-state index is 0. The van der Waals surface area contributed by atoms with E-state index in [4.69, 9.17) is 4.98 Å². The summed E-state index contributed by atoms with van der Waals surface area (Å²) in [6.07, 6.45) is 4.74. The van der Waals surface area contributed by atoms with Crippen LogP contribution in [-0.2, 0) is 29.4 Å². The zero-order chi connectivity index (χ0) is 20.0. The van der Waals surface area contributed by atoms with E-state index in [9.17, 15) is 8.42 Å². The summed E-state index contributed by atoms with van der Waals surface area (Å²) in [6, 6.07) is 0. The number of rotatable bonds is 7. The standard InChI is InChI=1S/C18H31N5O2S3.HI/c1-3-19-18(20-8-13-28(24,25)23-9-11-26-12-10-23)22(2)14-17-21-15-6-4-5-7-16(15)27-17;/h3-14H2,1-2H3,(H,19,20);1H. The third-order valence-corrected chi connectivity index (χ3v) is 8.87. The highest BCUT2D eigenvalue weighted by Crippen LogP contribution is 2.27. The van der Waals surface area contributed by atoms with E-state index in [2.05, 4.69) is 10.3 Å². The van der Waals surface area contributed by atoms with Gasteiger partial charge in [0.1, 0.15) is 5.01 Å². The molecule has 0 saturated carbocycles. The van der Waals surface area contributed by atoms with Crippen LogP contribution in [0.3, 0.4) is 0 Å². The van der Waals surface area contributed by atoms with Crippen LogP contribution in [0.1, 0.15) is 35.3 Å². The predicted octanol–water partition coefficient (Wildman–Crippen LogP) is 2.42. The summed E-state index contributed by atoms with van der Waals surface area (Å²) in [6.45, 7) is 4.96.